The molecule has 1 aromatic carbocycles. The van der Waals surface area contributed by atoms with Gasteiger partial charge in [-0.05, 0) is 12.0 Å². The largest absolute Gasteiger partial charge is 0.316 e. The van der Waals surface area contributed by atoms with Gasteiger partial charge >= 0.3 is 0 Å². The maximum Gasteiger partial charge on any atom is 0.189 e. The highest BCUT2D eigenvalue weighted by Crippen LogP contribution is 2.28. The van der Waals surface area contributed by atoms with E-state index in [-0.39, 0.29) is 5.66 Å². The Morgan fingerprint density at radius 3 is 2.44 bits per heavy atom. The van der Waals surface area contributed by atoms with Crippen LogP contribution in [0.3, 0.4) is 0 Å². The van der Waals surface area contributed by atoms with Crippen molar-refractivity contribution in [3.63, 3.8) is 0 Å². The Morgan fingerprint density at radius 1 is 1.04 bits per heavy atom. The standard InChI is InChI=1S/C22H38N3/c1-5-6-7-8-9-13-17-24-19-23-22(2,3)25(4,20-24)18-16-21-14-11-10-12-15-21/h10-12,14-15,19H,5-9,13,16-18,20H2,1-4H3/q+1. The molecule has 1 unspecified atom stereocenters. The number of likely N-dealkylation sites (N-methyl/N-ethyl adjacent to an activating group) is 1. The van der Waals surface area contributed by atoms with Gasteiger partial charge in [0.05, 0.1) is 19.9 Å². The van der Waals surface area contributed by atoms with Crippen LogP contribution in [0.5, 0.6) is 0 Å². The summed E-state index contributed by atoms with van der Waals surface area (Å²) < 4.78 is 0.980. The lowest BCUT2D eigenvalue weighted by Gasteiger charge is -2.50. The van der Waals surface area contributed by atoms with Gasteiger partial charge < -0.3 is 4.90 Å². The van der Waals surface area contributed by atoms with Gasteiger partial charge in [-0.15, -0.1) is 0 Å². The monoisotopic (exact) mass is 344 g/mol. The van der Waals surface area contributed by atoms with Crippen LogP contribution in [0, 0.1) is 0 Å². The van der Waals surface area contributed by atoms with Crippen LogP contribution >= 0.6 is 0 Å². The summed E-state index contributed by atoms with van der Waals surface area (Å²) in [5.41, 5.74) is 1.38. The van der Waals surface area contributed by atoms with Gasteiger partial charge in [-0.3, -0.25) is 4.48 Å². The summed E-state index contributed by atoms with van der Waals surface area (Å²) in [6, 6.07) is 10.8. The van der Waals surface area contributed by atoms with E-state index in [2.05, 4.69) is 69.4 Å². The third kappa shape index (κ3) is 5.85. The van der Waals surface area contributed by atoms with Gasteiger partial charge in [0.25, 0.3) is 0 Å². The van der Waals surface area contributed by atoms with Crippen molar-refractivity contribution >= 4 is 6.34 Å². The molecule has 1 heterocycles. The van der Waals surface area contributed by atoms with Crippen LogP contribution in [0.2, 0.25) is 0 Å². The average molecular weight is 345 g/mol. The highest BCUT2D eigenvalue weighted by molar-refractivity contribution is 5.55. The maximum absolute atomic E-state index is 4.91. The van der Waals surface area contributed by atoms with Crippen LogP contribution in [0.4, 0.5) is 0 Å². The molecular weight excluding hydrogens is 306 g/mol. The first-order valence-corrected chi connectivity index (χ1v) is 10.1. The van der Waals surface area contributed by atoms with Crippen molar-refractivity contribution in [1.82, 2.24) is 4.90 Å². The molecule has 0 radical (unpaired) electrons. The molecule has 0 fully saturated rings. The molecule has 1 atom stereocenters. The summed E-state index contributed by atoms with van der Waals surface area (Å²) in [6.45, 7) is 10.2. The first-order valence-electron chi connectivity index (χ1n) is 10.1. The lowest BCUT2D eigenvalue weighted by molar-refractivity contribution is -0.964. The molecule has 3 nitrogen and oxygen atoms in total. The Balaban J connectivity index is 1.85. The van der Waals surface area contributed by atoms with Gasteiger partial charge in [0.1, 0.15) is 0 Å². The zero-order valence-corrected chi connectivity index (χ0v) is 16.9. The van der Waals surface area contributed by atoms with Crippen molar-refractivity contribution in [3.8, 4) is 0 Å². The lowest BCUT2D eigenvalue weighted by atomic mass is 10.1. The Bertz CT molecular complexity index is 523. The molecule has 1 aliphatic heterocycles. The van der Waals surface area contributed by atoms with Gasteiger partial charge in [-0.25, -0.2) is 4.99 Å². The number of unbranched alkanes of at least 4 members (excludes halogenated alkanes) is 5. The van der Waals surface area contributed by atoms with Crippen molar-refractivity contribution in [2.45, 2.75) is 71.4 Å². The molecule has 0 bridgehead atoms. The number of rotatable bonds is 10. The molecule has 140 valence electrons. The predicted octanol–water partition coefficient (Wildman–Crippen LogP) is 5.07. The molecule has 2 rings (SSSR count). The second-order valence-corrected chi connectivity index (χ2v) is 8.32. The third-order valence-electron chi connectivity index (χ3n) is 5.89. The molecule has 3 heteroatoms. The van der Waals surface area contributed by atoms with E-state index in [1.807, 2.05) is 0 Å². The van der Waals surface area contributed by atoms with E-state index in [1.54, 1.807) is 0 Å². The van der Waals surface area contributed by atoms with Gasteiger partial charge in [-0.1, -0.05) is 69.4 Å². The first-order chi connectivity index (χ1) is 12.0. The van der Waals surface area contributed by atoms with E-state index in [4.69, 9.17) is 4.99 Å². The lowest BCUT2D eigenvalue weighted by Crippen LogP contribution is -2.65. The second kappa shape index (κ2) is 9.38. The van der Waals surface area contributed by atoms with E-state index >= 15 is 0 Å². The minimum atomic E-state index is -0.0492. The molecule has 25 heavy (non-hydrogen) atoms. The zero-order valence-electron chi connectivity index (χ0n) is 16.9. The molecular formula is C22H38N3+. The van der Waals surface area contributed by atoms with Gasteiger partial charge in [0.2, 0.25) is 0 Å². The number of hydrogen-bond acceptors (Lipinski definition) is 2. The van der Waals surface area contributed by atoms with Crippen LogP contribution < -0.4 is 0 Å². The maximum atomic E-state index is 4.91. The SMILES string of the molecule is CCCCCCCCN1C=NC(C)(C)[N+](C)(CCc2ccccc2)C1. The van der Waals surface area contributed by atoms with Crippen molar-refractivity contribution in [1.29, 1.82) is 0 Å². The Hall–Kier alpha value is -1.35. The number of hydrogen-bond donors (Lipinski definition) is 0. The number of quaternary nitrogens is 1. The minimum absolute atomic E-state index is 0.0492. The molecule has 1 aliphatic rings. The fraction of sp³-hybridized carbons (Fsp3) is 0.682. The quantitative estimate of drug-likeness (QED) is 0.427. The molecule has 0 spiro atoms. The second-order valence-electron chi connectivity index (χ2n) is 8.32. The topological polar surface area (TPSA) is 15.6 Å². The third-order valence-corrected chi connectivity index (χ3v) is 5.89. The first kappa shape index (κ1) is 20.0. The summed E-state index contributed by atoms with van der Waals surface area (Å²) in [4.78, 5) is 7.35. The normalized spacial score (nSPS) is 22.3. The average Bonchev–Trinajstić information content (AvgIpc) is 2.60. The number of benzene rings is 1. The van der Waals surface area contributed by atoms with Gasteiger partial charge in [0.15, 0.2) is 12.3 Å². The molecule has 0 saturated heterocycles. The van der Waals surface area contributed by atoms with E-state index in [0.717, 1.165) is 30.7 Å². The van der Waals surface area contributed by atoms with Crippen molar-refractivity contribution in [3.05, 3.63) is 35.9 Å². The highest BCUT2D eigenvalue weighted by atomic mass is 15.5. The molecule has 0 N–H and O–H groups in total. The van der Waals surface area contributed by atoms with E-state index < -0.39 is 0 Å². The van der Waals surface area contributed by atoms with Crippen LogP contribution in [0.1, 0.15) is 64.9 Å². The fourth-order valence-corrected chi connectivity index (χ4v) is 3.56. The Morgan fingerprint density at radius 2 is 1.72 bits per heavy atom. The van der Waals surface area contributed by atoms with E-state index in [1.165, 1.54) is 44.1 Å². The Labute approximate surface area is 155 Å². The minimum Gasteiger partial charge on any atom is -0.316 e. The molecule has 0 aliphatic carbocycles. The summed E-state index contributed by atoms with van der Waals surface area (Å²) in [5, 5.41) is 0. The summed E-state index contributed by atoms with van der Waals surface area (Å²) in [6.07, 6.45) is 11.3. The van der Waals surface area contributed by atoms with Crippen LogP contribution in [-0.4, -0.2) is 48.2 Å². The smallest absolute Gasteiger partial charge is 0.189 e. The van der Waals surface area contributed by atoms with Crippen LogP contribution in [0.15, 0.2) is 35.3 Å². The van der Waals surface area contributed by atoms with Crippen molar-refractivity contribution in [2.75, 3.05) is 26.8 Å². The molecule has 0 amide bonds. The Kier molecular flexibility index (Phi) is 7.49. The summed E-state index contributed by atoms with van der Waals surface area (Å²) >= 11 is 0. The van der Waals surface area contributed by atoms with Crippen LogP contribution in [-0.2, 0) is 6.42 Å². The molecule has 0 saturated carbocycles. The summed E-state index contributed by atoms with van der Waals surface area (Å²) in [7, 11) is 2.37. The molecule has 1 aromatic rings. The summed E-state index contributed by atoms with van der Waals surface area (Å²) in [5.74, 6) is 0. The van der Waals surface area contributed by atoms with Crippen molar-refractivity contribution < 1.29 is 4.48 Å². The number of nitrogens with zero attached hydrogens (tertiary/aromatic N) is 3. The van der Waals surface area contributed by atoms with Gasteiger partial charge in [0, 0.05) is 26.8 Å². The number of aliphatic imine (C=N–C) groups is 1. The molecule has 0 aromatic heterocycles. The fourth-order valence-electron chi connectivity index (χ4n) is 3.56. The van der Waals surface area contributed by atoms with E-state index in [0.29, 0.717) is 0 Å². The van der Waals surface area contributed by atoms with Crippen molar-refractivity contribution in [2.24, 2.45) is 4.99 Å². The van der Waals surface area contributed by atoms with Gasteiger partial charge in [-0.2, -0.15) is 0 Å². The van der Waals surface area contributed by atoms with E-state index in [9.17, 15) is 0 Å². The van der Waals surface area contributed by atoms with Crippen LogP contribution in [0.25, 0.3) is 0 Å². The predicted molar refractivity (Wildman–Crippen MR) is 109 cm³/mol. The zero-order chi connectivity index (χ0) is 18.2. The highest BCUT2D eigenvalue weighted by Gasteiger charge is 2.43.